The molecular formula is C17H20FN3O. The van der Waals surface area contributed by atoms with Gasteiger partial charge in [0.05, 0.1) is 5.69 Å². The molecule has 1 fully saturated rings. The number of aryl methyl sites for hydroxylation is 2. The van der Waals surface area contributed by atoms with Crippen LogP contribution in [0.2, 0.25) is 0 Å². The van der Waals surface area contributed by atoms with E-state index < -0.39 is 0 Å². The van der Waals surface area contributed by atoms with Crippen LogP contribution in [0.3, 0.4) is 0 Å². The Kier molecular flexibility index (Phi) is 3.96. The van der Waals surface area contributed by atoms with Crippen LogP contribution in [0.4, 0.5) is 4.39 Å². The van der Waals surface area contributed by atoms with E-state index in [1.165, 1.54) is 12.5 Å². The van der Waals surface area contributed by atoms with Crippen LogP contribution in [0.5, 0.6) is 0 Å². The van der Waals surface area contributed by atoms with Gasteiger partial charge in [0.2, 0.25) is 0 Å². The number of hydrogen-bond acceptors (Lipinski definition) is 2. The second-order valence-electron chi connectivity index (χ2n) is 5.87. The number of benzene rings is 1. The van der Waals surface area contributed by atoms with E-state index in [9.17, 15) is 9.18 Å². The first-order valence-electron chi connectivity index (χ1n) is 7.66. The van der Waals surface area contributed by atoms with Gasteiger partial charge in [-0.25, -0.2) is 4.39 Å². The molecule has 5 heteroatoms. The van der Waals surface area contributed by atoms with Gasteiger partial charge in [0, 0.05) is 25.7 Å². The lowest BCUT2D eigenvalue weighted by Gasteiger charge is -2.25. The van der Waals surface area contributed by atoms with E-state index >= 15 is 0 Å². The standard InChI is InChI=1S/C17H20FN3O/c1-12-6-7-14(18)13(10-12)16-11-15(19-20(16)2)17(22)21-8-4-3-5-9-21/h6-7,10-11H,3-5,8-9H2,1-2H3. The molecule has 0 radical (unpaired) electrons. The summed E-state index contributed by atoms with van der Waals surface area (Å²) in [5.74, 6) is -0.361. The van der Waals surface area contributed by atoms with Crippen LogP contribution in [-0.4, -0.2) is 33.7 Å². The summed E-state index contributed by atoms with van der Waals surface area (Å²) in [5, 5.41) is 4.29. The highest BCUT2D eigenvalue weighted by atomic mass is 19.1. The highest BCUT2D eigenvalue weighted by Gasteiger charge is 2.22. The van der Waals surface area contributed by atoms with Crippen LogP contribution in [0.1, 0.15) is 35.3 Å². The fourth-order valence-electron chi connectivity index (χ4n) is 2.92. The molecule has 116 valence electrons. The van der Waals surface area contributed by atoms with Crippen molar-refractivity contribution in [2.75, 3.05) is 13.1 Å². The first kappa shape index (κ1) is 14.8. The average molecular weight is 301 g/mol. The van der Waals surface area contributed by atoms with Gasteiger partial charge >= 0.3 is 0 Å². The van der Waals surface area contributed by atoms with Gasteiger partial charge in [0.25, 0.3) is 5.91 Å². The summed E-state index contributed by atoms with van der Waals surface area (Å²) in [4.78, 5) is 14.3. The maximum absolute atomic E-state index is 14.1. The largest absolute Gasteiger partial charge is 0.337 e. The molecule has 3 rings (SSSR count). The normalized spacial score (nSPS) is 15.1. The monoisotopic (exact) mass is 301 g/mol. The number of rotatable bonds is 2. The Balaban J connectivity index is 1.93. The summed E-state index contributed by atoms with van der Waals surface area (Å²) < 4.78 is 15.6. The third kappa shape index (κ3) is 2.75. The Labute approximate surface area is 129 Å². The van der Waals surface area contributed by atoms with Crippen molar-refractivity contribution in [3.05, 3.63) is 41.3 Å². The van der Waals surface area contributed by atoms with Crippen LogP contribution in [0.15, 0.2) is 24.3 Å². The van der Waals surface area contributed by atoms with Crippen LogP contribution < -0.4 is 0 Å². The molecule has 0 bridgehead atoms. The Morgan fingerprint density at radius 2 is 1.91 bits per heavy atom. The lowest BCUT2D eigenvalue weighted by atomic mass is 10.1. The predicted octanol–water partition coefficient (Wildman–Crippen LogP) is 3.16. The molecule has 2 aromatic rings. The van der Waals surface area contributed by atoms with Gasteiger partial charge in [-0.15, -0.1) is 0 Å². The number of amides is 1. The number of hydrogen-bond donors (Lipinski definition) is 0. The van der Waals surface area contributed by atoms with Gasteiger partial charge in [0.1, 0.15) is 5.82 Å². The third-order valence-electron chi connectivity index (χ3n) is 4.14. The Hall–Kier alpha value is -2.17. The molecule has 1 saturated heterocycles. The van der Waals surface area contributed by atoms with E-state index in [-0.39, 0.29) is 11.7 Å². The minimum Gasteiger partial charge on any atom is -0.337 e. The number of likely N-dealkylation sites (tertiary alicyclic amines) is 1. The summed E-state index contributed by atoms with van der Waals surface area (Å²) in [6.07, 6.45) is 3.25. The molecule has 0 saturated carbocycles. The highest BCUT2D eigenvalue weighted by molar-refractivity contribution is 5.93. The van der Waals surface area contributed by atoms with Crippen LogP contribution in [0, 0.1) is 12.7 Å². The number of carbonyl (C=O) groups excluding carboxylic acids is 1. The van der Waals surface area contributed by atoms with Crippen molar-refractivity contribution in [2.45, 2.75) is 26.2 Å². The maximum atomic E-state index is 14.1. The number of nitrogens with zero attached hydrogens (tertiary/aromatic N) is 3. The van der Waals surface area contributed by atoms with Gasteiger partial charge in [-0.3, -0.25) is 9.48 Å². The molecule has 1 amide bonds. The van der Waals surface area contributed by atoms with Gasteiger partial charge < -0.3 is 4.90 Å². The highest BCUT2D eigenvalue weighted by Crippen LogP contribution is 2.25. The first-order chi connectivity index (χ1) is 10.6. The van der Waals surface area contributed by atoms with Crippen LogP contribution in [0.25, 0.3) is 11.3 Å². The maximum Gasteiger partial charge on any atom is 0.274 e. The van der Waals surface area contributed by atoms with Crippen molar-refractivity contribution < 1.29 is 9.18 Å². The van der Waals surface area contributed by atoms with E-state index in [1.807, 2.05) is 11.8 Å². The molecular weight excluding hydrogens is 281 g/mol. The fraction of sp³-hybridized carbons (Fsp3) is 0.412. The number of halogens is 1. The molecule has 1 aliphatic rings. The Morgan fingerprint density at radius 1 is 1.18 bits per heavy atom. The molecule has 2 heterocycles. The minimum atomic E-state index is -0.300. The summed E-state index contributed by atoms with van der Waals surface area (Å²) in [6, 6.07) is 6.65. The van der Waals surface area contributed by atoms with Gasteiger partial charge in [-0.2, -0.15) is 5.10 Å². The second kappa shape index (κ2) is 5.91. The van der Waals surface area contributed by atoms with Gasteiger partial charge in [-0.05, 0) is 44.4 Å². The molecule has 0 unspecified atom stereocenters. The lowest BCUT2D eigenvalue weighted by molar-refractivity contribution is 0.0717. The fourth-order valence-corrected chi connectivity index (χ4v) is 2.92. The van der Waals surface area contributed by atoms with Gasteiger partial charge in [-0.1, -0.05) is 11.6 Å². The van der Waals surface area contributed by atoms with Crippen molar-refractivity contribution in [3.8, 4) is 11.3 Å². The molecule has 22 heavy (non-hydrogen) atoms. The molecule has 0 aliphatic carbocycles. The van der Waals surface area contributed by atoms with E-state index in [0.29, 0.717) is 17.0 Å². The Bertz CT molecular complexity index is 702. The van der Waals surface area contributed by atoms with E-state index in [4.69, 9.17) is 0 Å². The molecule has 1 aromatic carbocycles. The number of aromatic nitrogens is 2. The zero-order valence-corrected chi connectivity index (χ0v) is 13.0. The Morgan fingerprint density at radius 3 is 2.64 bits per heavy atom. The van der Waals surface area contributed by atoms with Crippen molar-refractivity contribution in [2.24, 2.45) is 7.05 Å². The summed E-state index contributed by atoms with van der Waals surface area (Å²) in [6.45, 7) is 3.48. The van der Waals surface area contributed by atoms with Gasteiger partial charge in [0.15, 0.2) is 5.69 Å². The van der Waals surface area contributed by atoms with E-state index in [0.717, 1.165) is 31.5 Å². The second-order valence-corrected chi connectivity index (χ2v) is 5.87. The zero-order valence-electron chi connectivity index (χ0n) is 13.0. The average Bonchev–Trinajstić information content (AvgIpc) is 2.91. The van der Waals surface area contributed by atoms with Crippen LogP contribution in [-0.2, 0) is 7.05 Å². The molecule has 4 nitrogen and oxygen atoms in total. The first-order valence-corrected chi connectivity index (χ1v) is 7.66. The molecule has 1 aromatic heterocycles. The SMILES string of the molecule is Cc1ccc(F)c(-c2cc(C(=O)N3CCCCC3)nn2C)c1. The number of carbonyl (C=O) groups is 1. The van der Waals surface area contributed by atoms with Crippen molar-refractivity contribution >= 4 is 5.91 Å². The predicted molar refractivity (Wildman–Crippen MR) is 83.1 cm³/mol. The summed E-state index contributed by atoms with van der Waals surface area (Å²) in [5.41, 5.74) is 2.47. The third-order valence-corrected chi connectivity index (χ3v) is 4.14. The zero-order chi connectivity index (χ0) is 15.7. The van der Waals surface area contributed by atoms with Crippen molar-refractivity contribution in [1.29, 1.82) is 0 Å². The van der Waals surface area contributed by atoms with Crippen molar-refractivity contribution in [1.82, 2.24) is 14.7 Å². The molecule has 0 N–H and O–H groups in total. The van der Waals surface area contributed by atoms with E-state index in [1.54, 1.807) is 29.9 Å². The van der Waals surface area contributed by atoms with Crippen LogP contribution >= 0.6 is 0 Å². The summed E-state index contributed by atoms with van der Waals surface area (Å²) >= 11 is 0. The molecule has 1 aliphatic heterocycles. The minimum absolute atomic E-state index is 0.0605. The van der Waals surface area contributed by atoms with E-state index in [2.05, 4.69) is 5.10 Å². The smallest absolute Gasteiger partial charge is 0.274 e. The van der Waals surface area contributed by atoms with Crippen molar-refractivity contribution in [3.63, 3.8) is 0 Å². The molecule has 0 atom stereocenters. The quantitative estimate of drug-likeness (QED) is 0.854. The molecule has 0 spiro atoms. The topological polar surface area (TPSA) is 38.1 Å². The lowest BCUT2D eigenvalue weighted by Crippen LogP contribution is -2.35. The number of piperidine rings is 1. The summed E-state index contributed by atoms with van der Waals surface area (Å²) in [7, 11) is 1.74.